The molecule has 8 aromatic rings. The number of ether oxygens (including phenoxy) is 1. The highest BCUT2D eigenvalue weighted by Crippen LogP contribution is 2.44. The fraction of sp³-hybridized carbons (Fsp3) is 0.222. The van der Waals surface area contributed by atoms with Crippen molar-refractivity contribution in [2.24, 2.45) is 30.7 Å². The molecule has 31 nitrogen and oxygen atoms in total. The Morgan fingerprint density at radius 1 is 0.702 bits per heavy atom. The maximum atomic E-state index is 12.5. The number of aliphatic hydroxyl groups excluding tert-OH is 1. The summed E-state index contributed by atoms with van der Waals surface area (Å²) in [5.41, 5.74) is 0.450. The molecule has 7 N–H and O–H groups in total. The zero-order valence-electron chi connectivity index (χ0n) is 42.8. The molecule has 8 rings (SSSR count). The van der Waals surface area contributed by atoms with Gasteiger partial charge in [0.05, 0.1) is 67.3 Å². The number of nitriles is 1. The summed E-state index contributed by atoms with van der Waals surface area (Å²) in [4.78, 5) is 7.23. The quantitative estimate of drug-likeness (QED) is 0.0163. The lowest BCUT2D eigenvalue weighted by Crippen LogP contribution is -2.08. The molecule has 0 saturated carbocycles. The number of pyridine rings is 1. The number of rotatable bonds is 20. The Balaban J connectivity index is 0.00000245. The van der Waals surface area contributed by atoms with Crippen molar-refractivity contribution in [3.8, 4) is 17.7 Å². The van der Waals surface area contributed by atoms with E-state index in [0.717, 1.165) is 53.4 Å². The second kappa shape index (κ2) is 25.0. The fourth-order valence-corrected chi connectivity index (χ4v) is 12.9. The van der Waals surface area contributed by atoms with Crippen molar-refractivity contribution in [3.63, 3.8) is 0 Å². The monoisotopic (exact) mass is 1310 g/mol. The Hall–Kier alpha value is -7.43. The highest BCUT2D eigenvalue weighted by molar-refractivity contribution is 7.99. The number of aromatic nitrogens is 3. The third-order valence-electron chi connectivity index (χ3n) is 11.7. The molecule has 0 aliphatic rings. The van der Waals surface area contributed by atoms with Crippen molar-refractivity contribution in [1.29, 1.82) is 5.26 Å². The van der Waals surface area contributed by atoms with Gasteiger partial charge in [-0.15, -0.1) is 50.0 Å². The SMILES string of the molecule is Cc1cc(N=Nc2c(C)c(C#N)c3nc4cc(S(=O)(=O)O)cc(C)c4n3c2O)c(OCCCS(=O)(=O)O)cc1N=Nc1cc(CO)c(N=Nc2nc3c(S(=O)(=O)O)cc4ccc(S(=O)(=O)O)cc4c3s2)cc1SCCCS(=O)(=O)O.O=S(=O)=O. The van der Waals surface area contributed by atoms with E-state index in [-0.39, 0.29) is 129 Å². The zero-order valence-corrected chi connectivity index (χ0v) is 49.3. The first-order chi connectivity index (χ1) is 39.1. The van der Waals surface area contributed by atoms with E-state index in [0.29, 0.717) is 5.56 Å². The van der Waals surface area contributed by atoms with Crippen LogP contribution >= 0.6 is 23.1 Å². The van der Waals surface area contributed by atoms with Gasteiger partial charge in [0.2, 0.25) is 11.0 Å². The Bertz CT molecular complexity index is 4890. The van der Waals surface area contributed by atoms with E-state index >= 15 is 0 Å². The largest absolute Gasteiger partial charge is 0.493 e. The predicted octanol–water partition coefficient (Wildman–Crippen LogP) is 8.25. The third-order valence-corrected chi connectivity index (χ3v) is 17.9. The Morgan fingerprint density at radius 3 is 1.95 bits per heavy atom. The van der Waals surface area contributed by atoms with Crippen molar-refractivity contribution < 1.29 is 92.4 Å². The van der Waals surface area contributed by atoms with Crippen molar-refractivity contribution in [2.75, 3.05) is 23.9 Å². The van der Waals surface area contributed by atoms with E-state index in [1.165, 1.54) is 48.6 Å². The number of aliphatic hydroxyl groups is 1. The summed E-state index contributed by atoms with van der Waals surface area (Å²) in [6.45, 7) is 3.53. The van der Waals surface area contributed by atoms with E-state index in [4.69, 9.17) is 17.4 Å². The van der Waals surface area contributed by atoms with Crippen LogP contribution in [0.25, 0.3) is 37.7 Å². The van der Waals surface area contributed by atoms with E-state index in [2.05, 4.69) is 40.7 Å². The first-order valence-electron chi connectivity index (χ1n) is 23.1. The number of azo groups is 3. The lowest BCUT2D eigenvalue weighted by molar-refractivity contribution is 0.282. The summed E-state index contributed by atoms with van der Waals surface area (Å²) in [5.74, 6) is -1.87. The molecule has 0 radical (unpaired) electrons. The summed E-state index contributed by atoms with van der Waals surface area (Å²) in [6.07, 6.45) is -0.264. The molecule has 0 aliphatic heterocycles. The van der Waals surface area contributed by atoms with Gasteiger partial charge < -0.3 is 14.9 Å². The van der Waals surface area contributed by atoms with E-state index in [9.17, 15) is 80.3 Å². The zero-order chi connectivity index (χ0) is 62.0. The minimum atomic E-state index is -4.92. The highest BCUT2D eigenvalue weighted by Gasteiger charge is 2.26. The lowest BCUT2D eigenvalue weighted by Gasteiger charge is -2.12. The molecule has 39 heteroatoms. The minimum absolute atomic E-state index is 0.00653. The standard InChI is InChI=1S/C45H40N10O18S7.O3S/c1-22-13-33(51-53-39-24(3)30(20-46)43-47-35-17-28(79(67,68)69)12-23(2)41(35)55(43)44(39)57)36(73-8-4-10-76(58,59)60)18-31(22)49-52-34-14-26(21-56)32(19-37(34)74-9-5-11-77(61,62)63)50-54-45-48-40-38(80(70,71)72)15-25-6-7-27(78(64,65)66)16-29(25)42(40)75-45;1-4(2)3/h6-7,12-19,56-57H,4-5,8-11,21H2,1-3H3,(H,58,59,60)(H,61,62,63)(H,64,65,66)(H,67,68,69)(H,70,71,72);. The first kappa shape index (κ1) is 64.1. The lowest BCUT2D eigenvalue weighted by atomic mass is 10.1. The second-order valence-corrected chi connectivity index (χ2v) is 27.4. The topological polar surface area (TPSA) is 501 Å². The molecule has 0 spiro atoms. The first-order valence-corrected chi connectivity index (χ1v) is 33.4. The number of fused-ring (bicyclic) bond motifs is 6. The van der Waals surface area contributed by atoms with Gasteiger partial charge in [-0.2, -0.15) is 52.5 Å². The molecule has 5 aromatic carbocycles. The molecular formula is C45H40N10O21S8. The fourth-order valence-electron chi connectivity index (χ4n) is 7.97. The van der Waals surface area contributed by atoms with Gasteiger partial charge in [-0.05, 0) is 104 Å². The number of nitrogens with zero attached hydrogens (tertiary/aromatic N) is 10. The number of aromatic hydroxyl groups is 1. The Labute approximate surface area is 485 Å². The van der Waals surface area contributed by atoms with Crippen LogP contribution in [0.5, 0.6) is 11.6 Å². The van der Waals surface area contributed by atoms with Gasteiger partial charge in [-0.25, -0.2) is 9.97 Å². The van der Waals surface area contributed by atoms with Gasteiger partial charge in [0.1, 0.15) is 33.5 Å². The molecule has 0 unspecified atom stereocenters. The average Bonchev–Trinajstić information content (AvgIpc) is 1.80. The molecule has 444 valence electrons. The molecular weight excluding hydrogens is 1270 g/mol. The van der Waals surface area contributed by atoms with Gasteiger partial charge in [-0.1, -0.05) is 17.4 Å². The summed E-state index contributed by atoms with van der Waals surface area (Å²) < 4.78 is 200. The number of benzene rings is 5. The molecule has 0 amide bonds. The molecule has 0 fully saturated rings. The smallest absolute Gasteiger partial charge is 0.425 e. The number of hydrogen-bond donors (Lipinski definition) is 7. The number of imidazole rings is 1. The second-order valence-electron chi connectivity index (χ2n) is 17.5. The van der Waals surface area contributed by atoms with Crippen molar-refractivity contribution in [2.45, 2.75) is 59.8 Å². The van der Waals surface area contributed by atoms with Crippen molar-refractivity contribution in [3.05, 3.63) is 88.5 Å². The van der Waals surface area contributed by atoms with Gasteiger partial charge in [-0.3, -0.25) is 27.2 Å². The number of thiazole rings is 1. The van der Waals surface area contributed by atoms with Gasteiger partial charge in [0, 0.05) is 27.5 Å². The third kappa shape index (κ3) is 15.3. The van der Waals surface area contributed by atoms with Crippen LogP contribution in [0, 0.1) is 32.1 Å². The van der Waals surface area contributed by atoms with Crippen LogP contribution in [-0.4, -0.2) is 126 Å². The number of aryl methyl sites for hydroxylation is 2. The van der Waals surface area contributed by atoms with Crippen LogP contribution in [0.2, 0.25) is 0 Å². The molecule has 0 bridgehead atoms. The number of thioether (sulfide) groups is 1. The van der Waals surface area contributed by atoms with Crippen molar-refractivity contribution in [1.82, 2.24) is 14.4 Å². The maximum Gasteiger partial charge on any atom is 0.425 e. The molecule has 84 heavy (non-hydrogen) atoms. The van der Waals surface area contributed by atoms with Crippen LogP contribution in [0.3, 0.4) is 0 Å². The van der Waals surface area contributed by atoms with Crippen LogP contribution in [-0.2, 0) is 67.8 Å². The predicted molar refractivity (Wildman–Crippen MR) is 299 cm³/mol. The van der Waals surface area contributed by atoms with E-state index in [1.807, 2.05) is 6.07 Å². The number of hydrogen-bond acceptors (Lipinski definition) is 27. The minimum Gasteiger partial charge on any atom is -0.493 e. The Morgan fingerprint density at radius 2 is 1.33 bits per heavy atom. The van der Waals surface area contributed by atoms with Crippen molar-refractivity contribution >= 4 is 156 Å². The molecule has 0 aliphatic carbocycles. The van der Waals surface area contributed by atoms with E-state index in [1.54, 1.807) is 6.92 Å². The van der Waals surface area contributed by atoms with Gasteiger partial charge in [0.15, 0.2) is 11.3 Å². The van der Waals surface area contributed by atoms with Crippen LogP contribution in [0.15, 0.2) is 111 Å². The van der Waals surface area contributed by atoms with Crippen LogP contribution in [0.1, 0.15) is 40.7 Å². The summed E-state index contributed by atoms with van der Waals surface area (Å²) >= 11 is 1.78. The molecule has 3 heterocycles. The highest BCUT2D eigenvalue weighted by atomic mass is 32.2. The van der Waals surface area contributed by atoms with E-state index < -0.39 is 99.9 Å². The average molecular weight is 1310 g/mol. The Kier molecular flexibility index (Phi) is 19.1. The molecule has 0 atom stereocenters. The molecule has 0 saturated heterocycles. The maximum absolute atomic E-state index is 12.5. The van der Waals surface area contributed by atoms with Crippen LogP contribution in [0.4, 0.5) is 33.6 Å². The summed E-state index contributed by atoms with van der Waals surface area (Å²) in [6, 6.07) is 14.2. The summed E-state index contributed by atoms with van der Waals surface area (Å²) in [5, 5.41) is 58.4. The van der Waals surface area contributed by atoms with Crippen LogP contribution < -0.4 is 4.74 Å². The molecule has 3 aromatic heterocycles. The van der Waals surface area contributed by atoms with Gasteiger partial charge in [0.25, 0.3) is 50.6 Å². The van der Waals surface area contributed by atoms with Gasteiger partial charge >= 0.3 is 10.6 Å². The normalized spacial score (nSPS) is 12.8. The summed E-state index contributed by atoms with van der Waals surface area (Å²) in [7, 11) is -26.2.